The van der Waals surface area contributed by atoms with Gasteiger partial charge in [0.25, 0.3) is 0 Å². The van der Waals surface area contributed by atoms with Crippen LogP contribution >= 0.6 is 11.3 Å². The minimum Gasteiger partial charge on any atom is -0.294 e. The maximum Gasteiger partial charge on any atom is 0.169 e. The third-order valence-electron chi connectivity index (χ3n) is 2.34. The molecule has 0 amide bonds. The lowest BCUT2D eigenvalue weighted by Gasteiger charge is -2.08. The molecule has 0 spiro atoms. The Balaban J connectivity index is 2.38. The summed E-state index contributed by atoms with van der Waals surface area (Å²) in [6, 6.07) is 2.08. The number of hydrogen-bond donors (Lipinski definition) is 0. The van der Waals surface area contributed by atoms with E-state index in [-0.39, 0.29) is 5.78 Å². The molecule has 0 N–H and O–H groups in total. The van der Waals surface area contributed by atoms with Crippen molar-refractivity contribution in [2.24, 2.45) is 0 Å². The monoisotopic (exact) mass is 180 g/mol. The number of hydrogen-bond acceptors (Lipinski definition) is 2. The van der Waals surface area contributed by atoms with Gasteiger partial charge in [-0.25, -0.2) is 0 Å². The molecule has 1 aromatic rings. The van der Waals surface area contributed by atoms with Crippen molar-refractivity contribution in [2.45, 2.75) is 32.6 Å². The highest BCUT2D eigenvalue weighted by atomic mass is 32.1. The van der Waals surface area contributed by atoms with E-state index in [9.17, 15) is 4.79 Å². The zero-order valence-electron chi connectivity index (χ0n) is 7.22. The molecule has 1 aromatic heterocycles. The number of aryl methyl sites for hydroxylation is 2. The highest BCUT2D eigenvalue weighted by Gasteiger charge is 2.14. The van der Waals surface area contributed by atoms with Crippen LogP contribution in [0.2, 0.25) is 0 Å². The van der Waals surface area contributed by atoms with Crippen LogP contribution in [0.4, 0.5) is 0 Å². The highest BCUT2D eigenvalue weighted by Crippen LogP contribution is 2.29. The van der Waals surface area contributed by atoms with Crippen molar-refractivity contribution in [3.05, 3.63) is 21.4 Å². The van der Waals surface area contributed by atoms with Gasteiger partial charge in [-0.1, -0.05) is 0 Å². The number of carbonyl (C=O) groups excluding carboxylic acids is 1. The van der Waals surface area contributed by atoms with Crippen LogP contribution in [-0.4, -0.2) is 5.78 Å². The normalized spacial score (nSPS) is 15.8. The fraction of sp³-hybridized carbons (Fsp3) is 0.500. The second kappa shape index (κ2) is 3.02. The molecule has 1 heterocycles. The number of rotatable bonds is 1. The first-order valence-corrected chi connectivity index (χ1v) is 5.21. The molecule has 12 heavy (non-hydrogen) atoms. The molecule has 1 nitrogen and oxygen atoms in total. The Labute approximate surface area is 76.4 Å². The van der Waals surface area contributed by atoms with Crippen molar-refractivity contribution in [3.8, 4) is 0 Å². The third-order valence-corrected chi connectivity index (χ3v) is 3.68. The highest BCUT2D eigenvalue weighted by molar-refractivity contribution is 7.14. The van der Waals surface area contributed by atoms with E-state index in [4.69, 9.17) is 0 Å². The fourth-order valence-electron chi connectivity index (χ4n) is 1.66. The van der Waals surface area contributed by atoms with E-state index in [1.54, 1.807) is 18.3 Å². The summed E-state index contributed by atoms with van der Waals surface area (Å²) in [7, 11) is 0. The van der Waals surface area contributed by atoms with Crippen LogP contribution in [0.5, 0.6) is 0 Å². The Morgan fingerprint density at radius 3 is 2.83 bits per heavy atom. The van der Waals surface area contributed by atoms with Gasteiger partial charge in [-0.2, -0.15) is 0 Å². The van der Waals surface area contributed by atoms with Crippen LogP contribution in [0.25, 0.3) is 0 Å². The van der Waals surface area contributed by atoms with E-state index < -0.39 is 0 Å². The molecule has 0 fully saturated rings. The van der Waals surface area contributed by atoms with Crippen LogP contribution in [0, 0.1) is 0 Å². The van der Waals surface area contributed by atoms with Gasteiger partial charge >= 0.3 is 0 Å². The van der Waals surface area contributed by atoms with Gasteiger partial charge in [-0.05, 0) is 44.2 Å². The van der Waals surface area contributed by atoms with Crippen LogP contribution in [0.3, 0.4) is 0 Å². The summed E-state index contributed by atoms with van der Waals surface area (Å²) in [6.45, 7) is 1.65. The largest absolute Gasteiger partial charge is 0.294 e. The smallest absolute Gasteiger partial charge is 0.169 e. The number of carbonyl (C=O) groups is 1. The maximum absolute atomic E-state index is 11.1. The van der Waals surface area contributed by atoms with Crippen LogP contribution in [-0.2, 0) is 12.8 Å². The molecule has 0 aliphatic heterocycles. The van der Waals surface area contributed by atoms with E-state index in [1.807, 2.05) is 0 Å². The van der Waals surface area contributed by atoms with E-state index in [0.717, 1.165) is 4.88 Å². The second-order valence-corrected chi connectivity index (χ2v) is 4.46. The second-order valence-electron chi connectivity index (χ2n) is 3.32. The van der Waals surface area contributed by atoms with Gasteiger partial charge in [0.1, 0.15) is 0 Å². The zero-order chi connectivity index (χ0) is 8.55. The minimum atomic E-state index is 0.217. The van der Waals surface area contributed by atoms with Gasteiger partial charge in [0, 0.05) is 4.88 Å². The van der Waals surface area contributed by atoms with Gasteiger partial charge in [0.05, 0.1) is 4.88 Å². The average molecular weight is 180 g/mol. The first-order chi connectivity index (χ1) is 5.77. The molecular weight excluding hydrogens is 168 g/mol. The molecule has 0 aromatic carbocycles. The summed E-state index contributed by atoms with van der Waals surface area (Å²) in [5.74, 6) is 0.217. The van der Waals surface area contributed by atoms with Crippen LogP contribution < -0.4 is 0 Å². The summed E-state index contributed by atoms with van der Waals surface area (Å²) in [6.07, 6.45) is 4.96. The third kappa shape index (κ3) is 1.31. The topological polar surface area (TPSA) is 17.1 Å². The summed E-state index contributed by atoms with van der Waals surface area (Å²) in [5, 5.41) is 0. The lowest BCUT2D eigenvalue weighted by Crippen LogP contribution is -1.96. The van der Waals surface area contributed by atoms with Crippen LogP contribution in [0.15, 0.2) is 6.07 Å². The fourth-order valence-corrected chi connectivity index (χ4v) is 2.81. The van der Waals surface area contributed by atoms with Crippen molar-refractivity contribution >= 4 is 17.1 Å². The predicted molar refractivity (Wildman–Crippen MR) is 51.0 cm³/mol. The molecule has 0 atom stereocenters. The summed E-state index contributed by atoms with van der Waals surface area (Å²) >= 11 is 1.69. The van der Waals surface area contributed by atoms with Crippen molar-refractivity contribution in [3.63, 3.8) is 0 Å². The molecule has 1 aliphatic rings. The van der Waals surface area contributed by atoms with Crippen molar-refractivity contribution in [1.82, 2.24) is 0 Å². The maximum atomic E-state index is 11.1. The van der Waals surface area contributed by atoms with Crippen molar-refractivity contribution in [1.29, 1.82) is 0 Å². The van der Waals surface area contributed by atoms with Gasteiger partial charge in [-0.15, -0.1) is 11.3 Å². The van der Waals surface area contributed by atoms with Crippen molar-refractivity contribution < 1.29 is 4.79 Å². The first-order valence-electron chi connectivity index (χ1n) is 4.40. The quantitative estimate of drug-likeness (QED) is 0.607. The van der Waals surface area contributed by atoms with E-state index in [1.165, 1.54) is 36.1 Å². The summed E-state index contributed by atoms with van der Waals surface area (Å²) in [5.41, 5.74) is 1.43. The zero-order valence-corrected chi connectivity index (χ0v) is 8.04. The molecule has 64 valence electrons. The molecule has 0 bridgehead atoms. The Morgan fingerprint density at radius 1 is 1.42 bits per heavy atom. The standard InChI is InChI=1S/C10H12OS/c1-7(11)10-6-8-4-2-3-5-9(8)12-10/h6H,2-5H2,1H3. The lowest BCUT2D eigenvalue weighted by molar-refractivity contribution is 0.102. The Kier molecular flexibility index (Phi) is 2.01. The molecule has 0 saturated carbocycles. The SMILES string of the molecule is CC(=O)c1cc2c(s1)CCCC2. The van der Waals surface area contributed by atoms with E-state index >= 15 is 0 Å². The first kappa shape index (κ1) is 7.99. The molecule has 2 rings (SSSR count). The Morgan fingerprint density at radius 2 is 2.17 bits per heavy atom. The molecular formula is C10H12OS. The predicted octanol–water partition coefficient (Wildman–Crippen LogP) is 2.83. The van der Waals surface area contributed by atoms with E-state index in [2.05, 4.69) is 6.07 Å². The number of Topliss-reactive ketones (excluding diaryl/α,β-unsaturated/α-hetero) is 1. The Hall–Kier alpha value is -0.630. The average Bonchev–Trinajstić information content (AvgIpc) is 2.46. The Bertz CT molecular complexity index is 288. The van der Waals surface area contributed by atoms with Crippen molar-refractivity contribution in [2.75, 3.05) is 0 Å². The molecule has 0 saturated heterocycles. The molecule has 2 heteroatoms. The van der Waals surface area contributed by atoms with Gasteiger partial charge in [0.2, 0.25) is 0 Å². The number of thiophene rings is 1. The number of ketones is 1. The van der Waals surface area contributed by atoms with Gasteiger partial charge < -0.3 is 0 Å². The molecule has 0 unspecified atom stereocenters. The number of fused-ring (bicyclic) bond motifs is 1. The molecule has 1 aliphatic carbocycles. The summed E-state index contributed by atoms with van der Waals surface area (Å²) in [4.78, 5) is 13.5. The molecule has 0 radical (unpaired) electrons. The van der Waals surface area contributed by atoms with Gasteiger partial charge in [0.15, 0.2) is 5.78 Å². The van der Waals surface area contributed by atoms with E-state index in [0.29, 0.717) is 0 Å². The summed E-state index contributed by atoms with van der Waals surface area (Å²) < 4.78 is 0. The van der Waals surface area contributed by atoms with Crippen LogP contribution in [0.1, 0.15) is 39.9 Å². The van der Waals surface area contributed by atoms with Gasteiger partial charge in [-0.3, -0.25) is 4.79 Å². The lowest BCUT2D eigenvalue weighted by atomic mass is 9.99. The minimum absolute atomic E-state index is 0.217.